The van der Waals surface area contributed by atoms with E-state index in [1.807, 2.05) is 33.8 Å². The lowest BCUT2D eigenvalue weighted by Gasteiger charge is -2.68. The number of rotatable bonds is 4. The number of allylic oxidation sites excluding steroid dienone is 3. The lowest BCUT2D eigenvalue weighted by Crippen LogP contribution is -2.70. The molecule has 4 aliphatic carbocycles. The summed E-state index contributed by atoms with van der Waals surface area (Å²) in [6.45, 7) is 13.8. The molecule has 2 fully saturated rings. The van der Waals surface area contributed by atoms with E-state index in [1.165, 1.54) is 21.0 Å². The number of Topliss-reactive ketones (excluding diaryl/α,β-unsaturated/α-hetero) is 1. The first kappa shape index (κ1) is 28.2. The summed E-state index contributed by atoms with van der Waals surface area (Å²) in [7, 11) is 1.28. The Labute approximate surface area is 224 Å². The van der Waals surface area contributed by atoms with Crippen LogP contribution in [0.3, 0.4) is 0 Å². The van der Waals surface area contributed by atoms with E-state index in [9.17, 15) is 24.0 Å². The van der Waals surface area contributed by atoms with Crippen molar-refractivity contribution in [2.45, 2.75) is 87.2 Å². The van der Waals surface area contributed by atoms with Gasteiger partial charge >= 0.3 is 17.9 Å². The molecule has 0 heterocycles. The highest BCUT2D eigenvalue weighted by molar-refractivity contribution is 6.11. The molecule has 0 saturated heterocycles. The molecule has 4 rings (SSSR count). The lowest BCUT2D eigenvalue weighted by atomic mass is 9.33. The molecule has 8 nitrogen and oxygen atoms in total. The maximum absolute atomic E-state index is 14.1. The van der Waals surface area contributed by atoms with Crippen molar-refractivity contribution >= 4 is 30.0 Å². The van der Waals surface area contributed by atoms with Gasteiger partial charge in [-0.25, -0.2) is 0 Å². The van der Waals surface area contributed by atoms with Crippen LogP contribution in [0.2, 0.25) is 0 Å². The van der Waals surface area contributed by atoms with Crippen molar-refractivity contribution in [2.75, 3.05) is 7.11 Å². The SMILES string of the molecule is COC(=O)C12C(OC(C)=O)=C(C)C(=O)C1(C)C(C)=CC1C3(C=O)CCC(OC(C)=O)C(C)(C)C3CCC12C. The number of ether oxygens (including phenoxy) is 3. The van der Waals surface area contributed by atoms with Gasteiger partial charge in [-0.2, -0.15) is 0 Å². The minimum atomic E-state index is -1.64. The van der Waals surface area contributed by atoms with E-state index in [0.29, 0.717) is 31.3 Å². The molecule has 38 heavy (non-hydrogen) atoms. The van der Waals surface area contributed by atoms with Gasteiger partial charge < -0.3 is 19.0 Å². The number of ketones is 1. The first-order valence-corrected chi connectivity index (χ1v) is 13.4. The number of hydrogen-bond donors (Lipinski definition) is 0. The Hall–Kier alpha value is -2.77. The smallest absolute Gasteiger partial charge is 0.321 e. The predicted octanol–water partition coefficient (Wildman–Crippen LogP) is 4.50. The summed E-state index contributed by atoms with van der Waals surface area (Å²) in [6, 6.07) is 0. The molecular weight excluding hydrogens is 488 g/mol. The highest BCUT2D eigenvalue weighted by Crippen LogP contribution is 2.77. The van der Waals surface area contributed by atoms with Crippen molar-refractivity contribution in [2.24, 2.45) is 38.9 Å². The van der Waals surface area contributed by atoms with Crippen LogP contribution in [0, 0.1) is 38.9 Å². The van der Waals surface area contributed by atoms with Crippen LogP contribution in [0.1, 0.15) is 81.1 Å². The van der Waals surface area contributed by atoms with E-state index in [-0.39, 0.29) is 35.1 Å². The molecule has 0 spiro atoms. The molecule has 7 atom stereocenters. The summed E-state index contributed by atoms with van der Waals surface area (Å²) in [5, 5.41) is 0. The molecule has 0 N–H and O–H groups in total. The van der Waals surface area contributed by atoms with Gasteiger partial charge in [-0.3, -0.25) is 19.2 Å². The molecule has 0 aromatic rings. The number of aldehydes is 1. The van der Waals surface area contributed by atoms with Crippen LogP contribution in [0.4, 0.5) is 0 Å². The van der Waals surface area contributed by atoms with Crippen LogP contribution in [0.15, 0.2) is 23.0 Å². The van der Waals surface area contributed by atoms with Gasteiger partial charge in [-0.05, 0) is 63.7 Å². The third-order valence-electron chi connectivity index (χ3n) is 11.0. The zero-order valence-corrected chi connectivity index (χ0v) is 24.0. The predicted molar refractivity (Wildman–Crippen MR) is 137 cm³/mol. The van der Waals surface area contributed by atoms with E-state index >= 15 is 0 Å². The van der Waals surface area contributed by atoms with Crippen LogP contribution in [0.5, 0.6) is 0 Å². The second kappa shape index (κ2) is 8.62. The maximum atomic E-state index is 14.1. The van der Waals surface area contributed by atoms with Gasteiger partial charge in [0, 0.05) is 30.3 Å². The van der Waals surface area contributed by atoms with Crippen LogP contribution in [0.25, 0.3) is 0 Å². The Kier molecular flexibility index (Phi) is 6.40. The minimum Gasteiger partial charge on any atom is -0.468 e. The molecule has 0 aliphatic heterocycles. The quantitative estimate of drug-likeness (QED) is 0.227. The van der Waals surface area contributed by atoms with Gasteiger partial charge in [0.25, 0.3) is 0 Å². The first-order valence-electron chi connectivity index (χ1n) is 13.4. The normalized spacial score (nSPS) is 41.2. The number of hydrogen-bond acceptors (Lipinski definition) is 8. The van der Waals surface area contributed by atoms with Crippen molar-refractivity contribution in [3.8, 4) is 0 Å². The molecule has 0 radical (unpaired) electrons. The molecule has 2 saturated carbocycles. The van der Waals surface area contributed by atoms with Gasteiger partial charge in [0.05, 0.1) is 12.5 Å². The lowest BCUT2D eigenvalue weighted by molar-refractivity contribution is -0.218. The second-order valence-corrected chi connectivity index (χ2v) is 12.8. The van der Waals surface area contributed by atoms with Crippen molar-refractivity contribution in [3.05, 3.63) is 23.0 Å². The number of esters is 3. The number of carbonyl (C=O) groups excluding carboxylic acids is 5. The molecule has 4 aliphatic rings. The zero-order valence-electron chi connectivity index (χ0n) is 24.0. The molecule has 8 heteroatoms. The summed E-state index contributed by atoms with van der Waals surface area (Å²) in [4.78, 5) is 65.7. The molecule has 0 aromatic heterocycles. The van der Waals surface area contributed by atoms with E-state index in [4.69, 9.17) is 14.2 Å². The monoisotopic (exact) mass is 528 g/mol. The van der Waals surface area contributed by atoms with Crippen LogP contribution in [-0.2, 0) is 38.2 Å². The molecular formula is C30H40O8. The first-order chi connectivity index (χ1) is 17.5. The fourth-order valence-corrected chi connectivity index (χ4v) is 9.29. The Balaban J connectivity index is 2.03. The second-order valence-electron chi connectivity index (χ2n) is 12.8. The molecule has 0 aromatic carbocycles. The number of methoxy groups -OCH3 is 1. The van der Waals surface area contributed by atoms with Gasteiger partial charge in [0.2, 0.25) is 0 Å². The third-order valence-corrected chi connectivity index (χ3v) is 11.0. The topological polar surface area (TPSA) is 113 Å². The van der Waals surface area contributed by atoms with E-state index in [1.54, 1.807) is 13.8 Å². The Morgan fingerprint density at radius 1 is 1.00 bits per heavy atom. The molecule has 208 valence electrons. The summed E-state index contributed by atoms with van der Waals surface area (Å²) in [5.74, 6) is -2.48. The number of fused-ring (bicyclic) bond motifs is 5. The highest BCUT2D eigenvalue weighted by atomic mass is 16.6. The summed E-state index contributed by atoms with van der Waals surface area (Å²) in [6.07, 6.45) is 4.68. The van der Waals surface area contributed by atoms with Gasteiger partial charge in [-0.15, -0.1) is 0 Å². The van der Waals surface area contributed by atoms with E-state index in [0.717, 1.165) is 6.29 Å². The van der Waals surface area contributed by atoms with E-state index < -0.39 is 44.9 Å². The fraction of sp³-hybridized carbons (Fsp3) is 0.700. The van der Waals surface area contributed by atoms with Crippen molar-refractivity contribution in [1.82, 2.24) is 0 Å². The van der Waals surface area contributed by atoms with Crippen LogP contribution >= 0.6 is 0 Å². The largest absolute Gasteiger partial charge is 0.468 e. The van der Waals surface area contributed by atoms with Gasteiger partial charge in [0.1, 0.15) is 23.6 Å². The van der Waals surface area contributed by atoms with Crippen molar-refractivity contribution in [1.29, 1.82) is 0 Å². The fourth-order valence-electron chi connectivity index (χ4n) is 9.29. The summed E-state index contributed by atoms with van der Waals surface area (Å²) < 4.78 is 16.9. The van der Waals surface area contributed by atoms with Crippen LogP contribution in [-0.4, -0.2) is 43.2 Å². The van der Waals surface area contributed by atoms with E-state index in [2.05, 4.69) is 0 Å². The van der Waals surface area contributed by atoms with Crippen molar-refractivity contribution < 1.29 is 38.2 Å². The Bertz CT molecular complexity index is 1190. The molecule has 0 amide bonds. The van der Waals surface area contributed by atoms with Crippen molar-refractivity contribution in [3.63, 3.8) is 0 Å². The zero-order chi connectivity index (χ0) is 28.6. The van der Waals surface area contributed by atoms with Crippen LogP contribution < -0.4 is 0 Å². The highest BCUT2D eigenvalue weighted by Gasteiger charge is 2.81. The Morgan fingerprint density at radius 3 is 2.16 bits per heavy atom. The standard InChI is InChI=1S/C30H40O8/c1-16-14-21-27(7,12-10-20-26(5,6)22(37-18(3)32)11-13-29(20,21)15-31)30(25(35)36-9)24(38-19(4)33)17(2)23(34)28(16,30)8/h14-15,20-22H,10-13H2,1-9H3. The Morgan fingerprint density at radius 2 is 1.63 bits per heavy atom. The average Bonchev–Trinajstić information content (AvgIpc) is 3.01. The maximum Gasteiger partial charge on any atom is 0.321 e. The van der Waals surface area contributed by atoms with Gasteiger partial charge in [-0.1, -0.05) is 32.4 Å². The molecule has 7 unspecified atom stereocenters. The summed E-state index contributed by atoms with van der Waals surface area (Å²) in [5.41, 5.74) is -4.50. The average molecular weight is 529 g/mol. The van der Waals surface area contributed by atoms with Gasteiger partial charge in [0.15, 0.2) is 5.78 Å². The summed E-state index contributed by atoms with van der Waals surface area (Å²) >= 11 is 0. The number of carbonyl (C=O) groups is 5. The minimum absolute atomic E-state index is 0.0386. The molecule has 0 bridgehead atoms. The third kappa shape index (κ3) is 3.06.